The van der Waals surface area contributed by atoms with Crippen LogP contribution in [0, 0.1) is 17.8 Å². The fourth-order valence-corrected chi connectivity index (χ4v) is 3.67. The summed E-state index contributed by atoms with van der Waals surface area (Å²) in [6.45, 7) is 7.37. The van der Waals surface area contributed by atoms with Gasteiger partial charge in [0.2, 0.25) is 5.91 Å². The third-order valence-corrected chi connectivity index (χ3v) is 5.62. The molecule has 1 aliphatic carbocycles. The number of piperidine rings is 1. The number of nitrogens with zero attached hydrogens (tertiary/aromatic N) is 1. The average molecular weight is 365 g/mol. The first-order valence-corrected chi connectivity index (χ1v) is 9.69. The molecule has 1 aliphatic heterocycles. The van der Waals surface area contributed by atoms with E-state index >= 15 is 0 Å². The van der Waals surface area contributed by atoms with E-state index in [2.05, 4.69) is 48.3 Å². The summed E-state index contributed by atoms with van der Waals surface area (Å²) in [5.74, 6) is 1.77. The number of likely N-dealkylation sites (tertiary alicyclic amines) is 1. The molecule has 1 heterocycles. The molecule has 0 bridgehead atoms. The van der Waals surface area contributed by atoms with Crippen molar-refractivity contribution in [1.82, 2.24) is 10.2 Å². The number of rotatable bonds is 7. The molecule has 25 heavy (non-hydrogen) atoms. The van der Waals surface area contributed by atoms with Crippen molar-refractivity contribution in [1.29, 1.82) is 0 Å². The predicted molar refractivity (Wildman–Crippen MR) is 106 cm³/mol. The smallest absolute Gasteiger partial charge is 0.226 e. The number of hydrogen-bond acceptors (Lipinski definition) is 2. The molecular weight excluding hydrogens is 332 g/mol. The summed E-state index contributed by atoms with van der Waals surface area (Å²) >= 11 is 0. The van der Waals surface area contributed by atoms with Gasteiger partial charge in [-0.2, -0.15) is 0 Å². The lowest BCUT2D eigenvalue weighted by Gasteiger charge is -2.35. The molecule has 1 aromatic rings. The van der Waals surface area contributed by atoms with Crippen LogP contribution in [0.15, 0.2) is 30.3 Å². The molecule has 1 N–H and O–H groups in total. The molecular formula is C21H33ClN2O. The number of carbonyl (C=O) groups excluding carboxylic acids is 1. The van der Waals surface area contributed by atoms with Gasteiger partial charge in [-0.3, -0.25) is 4.79 Å². The number of hydrogen-bond donors (Lipinski definition) is 1. The normalized spacial score (nSPS) is 19.6. The zero-order valence-corrected chi connectivity index (χ0v) is 16.4. The van der Waals surface area contributed by atoms with Crippen LogP contribution in [-0.4, -0.2) is 36.5 Å². The van der Waals surface area contributed by atoms with Crippen LogP contribution in [0.1, 0.15) is 45.1 Å². The van der Waals surface area contributed by atoms with Crippen molar-refractivity contribution < 1.29 is 4.79 Å². The summed E-state index contributed by atoms with van der Waals surface area (Å²) in [6, 6.07) is 11.0. The highest BCUT2D eigenvalue weighted by atomic mass is 35.5. The standard InChI is InChI=1S/C21H32N2O.ClH/c1-16(2)20(14-17-6-4-3-5-7-17)21(24)23-12-10-19(11-13-23)22-15-18-8-9-18;/h3-7,16,18-20,22H,8-15H2,1-2H3;1H. The largest absolute Gasteiger partial charge is 0.342 e. The minimum atomic E-state index is 0. The van der Waals surface area contributed by atoms with E-state index in [0.717, 1.165) is 38.3 Å². The van der Waals surface area contributed by atoms with Gasteiger partial charge in [-0.05, 0) is 56.0 Å². The molecule has 0 radical (unpaired) electrons. The molecule has 2 fully saturated rings. The first-order chi connectivity index (χ1) is 11.6. The Morgan fingerprint density at radius 1 is 1.12 bits per heavy atom. The predicted octanol–water partition coefficient (Wildman–Crippen LogP) is 3.91. The van der Waals surface area contributed by atoms with Crippen molar-refractivity contribution in [2.24, 2.45) is 17.8 Å². The molecule has 1 saturated heterocycles. The van der Waals surface area contributed by atoms with Gasteiger partial charge in [0, 0.05) is 25.0 Å². The van der Waals surface area contributed by atoms with Crippen LogP contribution in [0.3, 0.4) is 0 Å². The molecule has 1 saturated carbocycles. The average Bonchev–Trinajstić information content (AvgIpc) is 3.43. The summed E-state index contributed by atoms with van der Waals surface area (Å²) in [6.07, 6.45) is 5.88. The maximum atomic E-state index is 13.0. The Balaban J connectivity index is 0.00000225. The van der Waals surface area contributed by atoms with Gasteiger partial charge in [0.05, 0.1) is 0 Å². The van der Waals surface area contributed by atoms with E-state index in [9.17, 15) is 4.79 Å². The maximum Gasteiger partial charge on any atom is 0.226 e. The van der Waals surface area contributed by atoms with Crippen molar-refractivity contribution in [2.45, 2.75) is 52.0 Å². The zero-order valence-electron chi connectivity index (χ0n) is 15.6. The van der Waals surface area contributed by atoms with Crippen LogP contribution in [-0.2, 0) is 11.2 Å². The van der Waals surface area contributed by atoms with E-state index in [1.54, 1.807) is 0 Å². The third-order valence-electron chi connectivity index (χ3n) is 5.62. The molecule has 0 spiro atoms. The maximum absolute atomic E-state index is 13.0. The molecule has 0 aromatic heterocycles. The van der Waals surface area contributed by atoms with E-state index in [4.69, 9.17) is 0 Å². The van der Waals surface area contributed by atoms with Gasteiger partial charge in [0.1, 0.15) is 0 Å². The van der Waals surface area contributed by atoms with Gasteiger partial charge in [0.15, 0.2) is 0 Å². The van der Waals surface area contributed by atoms with Gasteiger partial charge >= 0.3 is 0 Å². The van der Waals surface area contributed by atoms with Gasteiger partial charge in [-0.15, -0.1) is 12.4 Å². The van der Waals surface area contributed by atoms with Crippen LogP contribution in [0.4, 0.5) is 0 Å². The minimum Gasteiger partial charge on any atom is -0.342 e. The van der Waals surface area contributed by atoms with Crippen LogP contribution in [0.2, 0.25) is 0 Å². The molecule has 1 unspecified atom stereocenters. The highest BCUT2D eigenvalue weighted by Gasteiger charge is 2.30. The van der Waals surface area contributed by atoms with Crippen LogP contribution >= 0.6 is 12.4 Å². The number of halogens is 1. The molecule has 1 aromatic carbocycles. The summed E-state index contributed by atoms with van der Waals surface area (Å²) < 4.78 is 0. The molecule has 3 nitrogen and oxygen atoms in total. The van der Waals surface area contributed by atoms with Crippen molar-refractivity contribution in [2.75, 3.05) is 19.6 Å². The van der Waals surface area contributed by atoms with E-state index in [0.29, 0.717) is 17.9 Å². The number of amides is 1. The highest BCUT2D eigenvalue weighted by Crippen LogP contribution is 2.28. The molecule has 140 valence electrons. The van der Waals surface area contributed by atoms with Gasteiger partial charge in [-0.1, -0.05) is 44.2 Å². The monoisotopic (exact) mass is 364 g/mol. The number of nitrogens with one attached hydrogen (secondary N) is 1. The van der Waals surface area contributed by atoms with E-state index < -0.39 is 0 Å². The second kappa shape index (κ2) is 9.59. The number of carbonyl (C=O) groups is 1. The highest BCUT2D eigenvalue weighted by molar-refractivity contribution is 5.85. The Bertz CT molecular complexity index is 522. The fourth-order valence-electron chi connectivity index (χ4n) is 3.67. The Morgan fingerprint density at radius 3 is 2.32 bits per heavy atom. The van der Waals surface area contributed by atoms with Gasteiger partial charge in [0.25, 0.3) is 0 Å². The number of benzene rings is 1. The Morgan fingerprint density at radius 2 is 1.76 bits per heavy atom. The summed E-state index contributed by atoms with van der Waals surface area (Å²) in [5, 5.41) is 3.70. The van der Waals surface area contributed by atoms with Crippen LogP contribution in [0.5, 0.6) is 0 Å². The van der Waals surface area contributed by atoms with E-state index in [-0.39, 0.29) is 18.3 Å². The zero-order chi connectivity index (χ0) is 16.9. The fraction of sp³-hybridized carbons (Fsp3) is 0.667. The Labute approximate surface area is 159 Å². The second-order valence-electron chi connectivity index (χ2n) is 7.99. The van der Waals surface area contributed by atoms with Crippen molar-refractivity contribution in [3.8, 4) is 0 Å². The lowest BCUT2D eigenvalue weighted by molar-refractivity contribution is -0.138. The van der Waals surface area contributed by atoms with E-state index in [1.807, 2.05) is 6.07 Å². The quantitative estimate of drug-likeness (QED) is 0.795. The van der Waals surface area contributed by atoms with Crippen LogP contribution < -0.4 is 5.32 Å². The van der Waals surface area contributed by atoms with Crippen molar-refractivity contribution in [3.63, 3.8) is 0 Å². The third kappa shape index (κ3) is 6.00. The van der Waals surface area contributed by atoms with Crippen molar-refractivity contribution >= 4 is 18.3 Å². The first kappa shape index (κ1) is 20.3. The molecule has 1 atom stereocenters. The van der Waals surface area contributed by atoms with E-state index in [1.165, 1.54) is 24.9 Å². The summed E-state index contributed by atoms with van der Waals surface area (Å²) in [4.78, 5) is 15.1. The lowest BCUT2D eigenvalue weighted by Crippen LogP contribution is -2.48. The molecule has 3 rings (SSSR count). The molecule has 1 amide bonds. The molecule has 4 heteroatoms. The molecule has 2 aliphatic rings. The van der Waals surface area contributed by atoms with Crippen molar-refractivity contribution in [3.05, 3.63) is 35.9 Å². The Hall–Kier alpha value is -1.06. The minimum absolute atomic E-state index is 0. The summed E-state index contributed by atoms with van der Waals surface area (Å²) in [7, 11) is 0. The second-order valence-corrected chi connectivity index (χ2v) is 7.99. The topological polar surface area (TPSA) is 32.3 Å². The lowest BCUT2D eigenvalue weighted by atomic mass is 9.87. The summed E-state index contributed by atoms with van der Waals surface area (Å²) in [5.41, 5.74) is 1.27. The van der Waals surface area contributed by atoms with Gasteiger partial charge < -0.3 is 10.2 Å². The van der Waals surface area contributed by atoms with Crippen LogP contribution in [0.25, 0.3) is 0 Å². The SMILES string of the molecule is CC(C)C(Cc1ccccc1)C(=O)N1CCC(NCC2CC2)CC1.Cl. The Kier molecular flexibility index (Phi) is 7.77. The first-order valence-electron chi connectivity index (χ1n) is 9.69. The van der Waals surface area contributed by atoms with Gasteiger partial charge in [-0.25, -0.2) is 0 Å².